The Morgan fingerprint density at radius 2 is 1.68 bits per heavy atom. The summed E-state index contributed by atoms with van der Waals surface area (Å²) in [7, 11) is 0. The summed E-state index contributed by atoms with van der Waals surface area (Å²) in [6.45, 7) is 2.03. The van der Waals surface area contributed by atoms with E-state index in [1.54, 1.807) is 6.07 Å². The predicted molar refractivity (Wildman–Crippen MR) is 124 cm³/mol. The van der Waals surface area contributed by atoms with Gasteiger partial charge in [0.25, 0.3) is 5.69 Å². The lowest BCUT2D eigenvalue weighted by Gasteiger charge is -2.28. The normalized spacial score (nSPS) is 25.5. The van der Waals surface area contributed by atoms with Gasteiger partial charge in [0.05, 0.1) is 29.2 Å². The van der Waals surface area contributed by atoms with Crippen molar-refractivity contribution in [2.75, 3.05) is 5.32 Å². The summed E-state index contributed by atoms with van der Waals surface area (Å²) in [6, 6.07) is 12.7. The zero-order chi connectivity index (χ0) is 24.0. The summed E-state index contributed by atoms with van der Waals surface area (Å²) in [5.74, 6) is -1.54. The van der Waals surface area contributed by atoms with Crippen molar-refractivity contribution in [3.8, 4) is 0 Å². The molecule has 174 valence electrons. The molecule has 1 aliphatic heterocycles. The lowest BCUT2D eigenvalue weighted by Crippen LogP contribution is -2.38. The average molecular weight is 460 g/mol. The Hall–Kier alpha value is -3.81. The van der Waals surface area contributed by atoms with Gasteiger partial charge in [-0.3, -0.25) is 29.4 Å². The minimum absolute atomic E-state index is 0.0698. The van der Waals surface area contributed by atoms with Crippen LogP contribution in [-0.4, -0.2) is 27.5 Å². The summed E-state index contributed by atoms with van der Waals surface area (Å²) in [5.41, 5.74) is 1.66. The van der Waals surface area contributed by atoms with E-state index in [0.29, 0.717) is 5.56 Å². The fourth-order valence-electron chi connectivity index (χ4n) is 5.68. The zero-order valence-corrected chi connectivity index (χ0v) is 18.7. The Morgan fingerprint density at radius 1 is 1.06 bits per heavy atom. The molecule has 2 aliphatic carbocycles. The number of hydrogen-bond acceptors (Lipinski definition) is 5. The lowest BCUT2D eigenvalue weighted by molar-refractivity contribution is -0.383. The Morgan fingerprint density at radius 3 is 2.26 bits per heavy atom. The van der Waals surface area contributed by atoms with Gasteiger partial charge in [-0.25, -0.2) is 0 Å². The van der Waals surface area contributed by atoms with Crippen LogP contribution in [0.15, 0.2) is 60.7 Å². The van der Waals surface area contributed by atoms with Gasteiger partial charge in [0, 0.05) is 6.07 Å². The molecule has 2 fully saturated rings. The van der Waals surface area contributed by atoms with Gasteiger partial charge in [-0.1, -0.05) is 55.5 Å². The van der Waals surface area contributed by atoms with Crippen LogP contribution in [-0.2, 0) is 20.8 Å². The number of nitrogens with one attached hydrogen (secondary N) is 1. The highest BCUT2D eigenvalue weighted by Crippen LogP contribution is 2.54. The first-order valence-electron chi connectivity index (χ1n) is 11.6. The number of para-hydroxylation sites is 2. The molecule has 1 saturated carbocycles. The summed E-state index contributed by atoms with van der Waals surface area (Å²) in [5, 5.41) is 13.9. The van der Waals surface area contributed by atoms with Crippen LogP contribution in [0.1, 0.15) is 36.9 Å². The summed E-state index contributed by atoms with van der Waals surface area (Å²) < 4.78 is 0. The highest BCUT2D eigenvalue weighted by Gasteiger charge is 2.60. The molecule has 0 spiro atoms. The van der Waals surface area contributed by atoms with Gasteiger partial charge in [0.1, 0.15) is 5.69 Å². The number of nitro groups is 1. The van der Waals surface area contributed by atoms with E-state index >= 15 is 0 Å². The lowest BCUT2D eigenvalue weighted by atomic mass is 9.85. The van der Waals surface area contributed by atoms with Crippen LogP contribution in [0.4, 0.5) is 11.4 Å². The molecule has 1 N–H and O–H groups in total. The van der Waals surface area contributed by atoms with Crippen molar-refractivity contribution < 1.29 is 19.3 Å². The van der Waals surface area contributed by atoms with Crippen LogP contribution in [0.5, 0.6) is 0 Å². The molecule has 2 aromatic carbocycles. The molecule has 5 atom stereocenters. The molecule has 5 unspecified atom stereocenters. The van der Waals surface area contributed by atoms with Crippen molar-refractivity contribution in [3.05, 3.63) is 81.9 Å². The summed E-state index contributed by atoms with van der Waals surface area (Å²) in [6.07, 6.45) is 5.55. The first kappa shape index (κ1) is 22.0. The van der Waals surface area contributed by atoms with Crippen molar-refractivity contribution in [3.63, 3.8) is 0 Å². The van der Waals surface area contributed by atoms with Crippen molar-refractivity contribution >= 4 is 29.1 Å². The Labute approximate surface area is 196 Å². The number of anilines is 1. The third-order valence-electron chi connectivity index (χ3n) is 7.34. The standard InChI is InChI=1S/C26H25N3O5/c1-2-15-7-9-16(10-8-15)21(14-22(30)27-19-5-3-4-6-20(19)29(33)34)28-25(31)23-17-11-12-18(13-17)24(23)26(28)32/h3-12,17-18,21,23-24H,2,13-14H2,1H3,(H,27,30). The van der Waals surface area contributed by atoms with Crippen LogP contribution < -0.4 is 5.32 Å². The molecule has 1 saturated heterocycles. The molecule has 3 aliphatic rings. The number of allylic oxidation sites excluding steroid dienone is 2. The van der Waals surface area contributed by atoms with Crippen molar-refractivity contribution in [1.29, 1.82) is 0 Å². The fourth-order valence-corrected chi connectivity index (χ4v) is 5.68. The van der Waals surface area contributed by atoms with E-state index in [1.165, 1.54) is 23.1 Å². The van der Waals surface area contributed by atoms with Gasteiger partial charge < -0.3 is 5.32 Å². The fraction of sp³-hybridized carbons (Fsp3) is 0.346. The molecule has 1 heterocycles. The number of nitrogens with zero attached hydrogens (tertiary/aromatic N) is 2. The number of carbonyl (C=O) groups is 3. The maximum atomic E-state index is 13.5. The van der Waals surface area contributed by atoms with Gasteiger partial charge in [-0.2, -0.15) is 0 Å². The van der Waals surface area contributed by atoms with Crippen LogP contribution in [0.3, 0.4) is 0 Å². The van der Waals surface area contributed by atoms with E-state index in [1.807, 2.05) is 43.3 Å². The van der Waals surface area contributed by atoms with E-state index in [2.05, 4.69) is 5.32 Å². The number of aryl methyl sites for hydroxylation is 1. The SMILES string of the molecule is CCc1ccc(C(CC(=O)Nc2ccccc2[N+](=O)[O-])N2C(=O)C3C4C=CC(C4)C3C2=O)cc1. The highest BCUT2D eigenvalue weighted by atomic mass is 16.6. The summed E-state index contributed by atoms with van der Waals surface area (Å²) >= 11 is 0. The number of amides is 3. The minimum atomic E-state index is -0.779. The Balaban J connectivity index is 1.45. The van der Waals surface area contributed by atoms with Crippen LogP contribution >= 0.6 is 0 Å². The second kappa shape index (κ2) is 8.52. The number of rotatable bonds is 7. The largest absolute Gasteiger partial charge is 0.320 e. The van der Waals surface area contributed by atoms with E-state index in [9.17, 15) is 24.5 Å². The van der Waals surface area contributed by atoms with E-state index in [-0.39, 0.29) is 53.3 Å². The first-order chi connectivity index (χ1) is 16.4. The van der Waals surface area contributed by atoms with Crippen LogP contribution in [0.2, 0.25) is 0 Å². The van der Waals surface area contributed by atoms with E-state index in [0.717, 1.165) is 18.4 Å². The second-order valence-electron chi connectivity index (χ2n) is 9.18. The molecule has 8 nitrogen and oxygen atoms in total. The van der Waals surface area contributed by atoms with Gasteiger partial charge in [-0.05, 0) is 41.9 Å². The molecule has 0 radical (unpaired) electrons. The monoisotopic (exact) mass is 459 g/mol. The van der Waals surface area contributed by atoms with Gasteiger partial charge in [0.2, 0.25) is 17.7 Å². The molecule has 5 rings (SSSR count). The second-order valence-corrected chi connectivity index (χ2v) is 9.18. The zero-order valence-electron chi connectivity index (χ0n) is 18.7. The molecule has 8 heteroatoms. The average Bonchev–Trinajstić information content (AvgIpc) is 3.52. The highest BCUT2D eigenvalue weighted by molar-refractivity contribution is 6.07. The van der Waals surface area contributed by atoms with Crippen molar-refractivity contribution in [2.24, 2.45) is 23.7 Å². The molecular weight excluding hydrogens is 434 g/mol. The van der Waals surface area contributed by atoms with Crippen LogP contribution in [0.25, 0.3) is 0 Å². The molecule has 0 aromatic heterocycles. The third-order valence-corrected chi connectivity index (χ3v) is 7.34. The molecular formula is C26H25N3O5. The smallest absolute Gasteiger partial charge is 0.292 e. The van der Waals surface area contributed by atoms with Gasteiger partial charge >= 0.3 is 0 Å². The van der Waals surface area contributed by atoms with Crippen LogP contribution in [0, 0.1) is 33.8 Å². The maximum Gasteiger partial charge on any atom is 0.292 e. The van der Waals surface area contributed by atoms with E-state index < -0.39 is 16.9 Å². The molecule has 2 aromatic rings. The number of imide groups is 1. The Kier molecular flexibility index (Phi) is 5.51. The number of carbonyl (C=O) groups excluding carboxylic acids is 3. The topological polar surface area (TPSA) is 110 Å². The number of nitro benzene ring substituents is 1. The number of likely N-dealkylation sites (tertiary alicyclic amines) is 1. The number of hydrogen-bond donors (Lipinski definition) is 1. The van der Waals surface area contributed by atoms with E-state index in [4.69, 9.17) is 0 Å². The summed E-state index contributed by atoms with van der Waals surface area (Å²) in [4.78, 5) is 52.0. The van der Waals surface area contributed by atoms with Crippen molar-refractivity contribution in [1.82, 2.24) is 4.90 Å². The third kappa shape index (κ3) is 3.59. The van der Waals surface area contributed by atoms with Crippen molar-refractivity contribution in [2.45, 2.75) is 32.2 Å². The molecule has 2 bridgehead atoms. The van der Waals surface area contributed by atoms with Gasteiger partial charge in [0.15, 0.2) is 0 Å². The predicted octanol–water partition coefficient (Wildman–Crippen LogP) is 4.03. The molecule has 34 heavy (non-hydrogen) atoms. The van der Waals surface area contributed by atoms with Gasteiger partial charge in [-0.15, -0.1) is 0 Å². The number of benzene rings is 2. The first-order valence-corrected chi connectivity index (χ1v) is 11.6. The number of fused-ring (bicyclic) bond motifs is 5. The minimum Gasteiger partial charge on any atom is -0.320 e. The quantitative estimate of drug-likeness (QED) is 0.291. The molecule has 3 amide bonds. The Bertz CT molecular complexity index is 1180. The maximum absolute atomic E-state index is 13.5.